The molecule has 1 heterocycles. The van der Waals surface area contributed by atoms with Gasteiger partial charge in [-0.25, -0.2) is 4.79 Å². The number of hydrogen-bond donors (Lipinski definition) is 2. The minimum atomic E-state index is -0.674. The van der Waals surface area contributed by atoms with Crippen LogP contribution in [0.15, 0.2) is 18.5 Å². The SMILES string of the molecule is NC(=O)N(S)n1cccn1. The van der Waals surface area contributed by atoms with Gasteiger partial charge in [0.25, 0.3) is 0 Å². The molecule has 1 rings (SSSR count). The highest BCUT2D eigenvalue weighted by Crippen LogP contribution is 1.91. The number of nitrogens with zero attached hydrogens (tertiary/aromatic N) is 3. The molecule has 5 nitrogen and oxygen atoms in total. The smallest absolute Gasteiger partial charge is 0.345 e. The van der Waals surface area contributed by atoms with E-state index < -0.39 is 6.03 Å². The van der Waals surface area contributed by atoms with Crippen molar-refractivity contribution in [2.45, 2.75) is 0 Å². The van der Waals surface area contributed by atoms with E-state index in [0.29, 0.717) is 0 Å². The number of thiol groups is 1. The van der Waals surface area contributed by atoms with Crippen molar-refractivity contribution in [1.82, 2.24) is 9.89 Å². The highest BCUT2D eigenvalue weighted by molar-refractivity contribution is 7.82. The fraction of sp³-hybridized carbons (Fsp3) is 0. The molecule has 54 valence electrons. The maximum atomic E-state index is 10.4. The Balaban J connectivity index is 2.77. The van der Waals surface area contributed by atoms with Gasteiger partial charge in [0.2, 0.25) is 0 Å². The molecule has 0 aliphatic rings. The Bertz CT molecular complexity index is 221. The lowest BCUT2D eigenvalue weighted by atomic mass is 10.8. The van der Waals surface area contributed by atoms with E-state index >= 15 is 0 Å². The highest BCUT2D eigenvalue weighted by Gasteiger charge is 2.04. The zero-order valence-electron chi connectivity index (χ0n) is 5.01. The van der Waals surface area contributed by atoms with Gasteiger partial charge >= 0.3 is 6.03 Å². The van der Waals surface area contributed by atoms with Crippen LogP contribution in [-0.2, 0) is 0 Å². The van der Waals surface area contributed by atoms with Crippen molar-refractivity contribution in [2.75, 3.05) is 4.41 Å². The molecule has 1 aromatic rings. The molecular weight excluding hydrogens is 152 g/mol. The minimum absolute atomic E-state index is 0.674. The molecule has 1 aromatic heterocycles. The number of hydrogen-bond acceptors (Lipinski definition) is 3. The number of carbonyl (C=O) groups is 1. The average Bonchev–Trinajstić information content (AvgIpc) is 2.36. The molecule has 2 amide bonds. The predicted octanol–water partition coefficient (Wildman–Crippen LogP) is -0.255. The Labute approximate surface area is 62.9 Å². The van der Waals surface area contributed by atoms with Gasteiger partial charge in [0, 0.05) is 0 Å². The van der Waals surface area contributed by atoms with Crippen LogP contribution in [-0.4, -0.2) is 15.9 Å². The first-order valence-electron chi connectivity index (χ1n) is 2.50. The van der Waals surface area contributed by atoms with Gasteiger partial charge in [-0.3, -0.25) is 0 Å². The van der Waals surface area contributed by atoms with E-state index in [1.165, 1.54) is 11.0 Å². The van der Waals surface area contributed by atoms with Crippen LogP contribution >= 0.6 is 12.8 Å². The van der Waals surface area contributed by atoms with Crippen LogP contribution in [0.25, 0.3) is 0 Å². The molecule has 0 atom stereocenters. The van der Waals surface area contributed by atoms with E-state index in [9.17, 15) is 4.79 Å². The first-order chi connectivity index (χ1) is 4.72. The van der Waals surface area contributed by atoms with Gasteiger partial charge in [-0.15, -0.1) is 0 Å². The normalized spacial score (nSPS) is 9.30. The molecule has 0 aliphatic heterocycles. The quantitative estimate of drug-likeness (QED) is 0.553. The Morgan fingerprint density at radius 2 is 2.50 bits per heavy atom. The lowest BCUT2D eigenvalue weighted by Crippen LogP contribution is -2.36. The van der Waals surface area contributed by atoms with Crippen LogP contribution in [0.2, 0.25) is 0 Å². The van der Waals surface area contributed by atoms with Gasteiger partial charge in [-0.2, -0.15) is 14.3 Å². The van der Waals surface area contributed by atoms with E-state index in [1.807, 2.05) is 0 Å². The molecule has 0 radical (unpaired) electrons. The molecule has 0 saturated heterocycles. The number of rotatable bonds is 1. The predicted molar refractivity (Wildman–Crippen MR) is 39.0 cm³/mol. The number of primary amides is 1. The van der Waals surface area contributed by atoms with E-state index in [1.54, 1.807) is 12.3 Å². The molecule has 0 aliphatic carbocycles. The van der Waals surface area contributed by atoms with Crippen molar-refractivity contribution in [3.05, 3.63) is 18.5 Å². The molecule has 6 heteroatoms. The summed E-state index contributed by atoms with van der Waals surface area (Å²) in [5.41, 5.74) is 4.88. The van der Waals surface area contributed by atoms with E-state index in [0.717, 1.165) is 4.41 Å². The Morgan fingerprint density at radius 3 is 2.90 bits per heavy atom. The largest absolute Gasteiger partial charge is 0.349 e. The Morgan fingerprint density at radius 1 is 1.80 bits per heavy atom. The third-order valence-corrected chi connectivity index (χ3v) is 1.26. The minimum Gasteiger partial charge on any atom is -0.349 e. The van der Waals surface area contributed by atoms with Gasteiger partial charge in [-0.1, -0.05) is 0 Å². The maximum absolute atomic E-state index is 10.4. The van der Waals surface area contributed by atoms with Crippen molar-refractivity contribution < 1.29 is 4.79 Å². The lowest BCUT2D eigenvalue weighted by Gasteiger charge is -2.10. The zero-order chi connectivity index (χ0) is 7.56. The summed E-state index contributed by atoms with van der Waals surface area (Å²) in [6.07, 6.45) is 3.07. The van der Waals surface area contributed by atoms with Crippen LogP contribution in [0.1, 0.15) is 0 Å². The van der Waals surface area contributed by atoms with Gasteiger partial charge in [0.15, 0.2) is 0 Å². The van der Waals surface area contributed by atoms with Crippen molar-refractivity contribution in [3.8, 4) is 0 Å². The van der Waals surface area contributed by atoms with Gasteiger partial charge in [-0.05, 0) is 18.9 Å². The second-order valence-corrected chi connectivity index (χ2v) is 1.93. The van der Waals surface area contributed by atoms with Crippen LogP contribution in [0.5, 0.6) is 0 Å². The summed E-state index contributed by atoms with van der Waals surface area (Å²) in [4.78, 5) is 11.6. The van der Waals surface area contributed by atoms with Crippen LogP contribution in [0.4, 0.5) is 4.79 Å². The summed E-state index contributed by atoms with van der Waals surface area (Å²) in [7, 11) is 0. The number of nitrogens with two attached hydrogens (primary N) is 1. The molecule has 0 fully saturated rings. The van der Waals surface area contributed by atoms with E-state index in [-0.39, 0.29) is 0 Å². The van der Waals surface area contributed by atoms with Gasteiger partial charge in [0.05, 0.1) is 12.4 Å². The van der Waals surface area contributed by atoms with Gasteiger partial charge < -0.3 is 5.73 Å². The molecule has 10 heavy (non-hydrogen) atoms. The third-order valence-electron chi connectivity index (χ3n) is 0.882. The molecule has 0 aromatic carbocycles. The van der Waals surface area contributed by atoms with Crippen molar-refractivity contribution in [2.24, 2.45) is 5.73 Å². The summed E-state index contributed by atoms with van der Waals surface area (Å²) < 4.78 is 0.889. The van der Waals surface area contributed by atoms with Crippen LogP contribution in [0.3, 0.4) is 0 Å². The monoisotopic (exact) mass is 158 g/mol. The van der Waals surface area contributed by atoms with Crippen molar-refractivity contribution >= 4 is 18.8 Å². The highest BCUT2D eigenvalue weighted by atomic mass is 32.1. The van der Waals surface area contributed by atoms with E-state index in [2.05, 4.69) is 17.9 Å². The summed E-state index contributed by atoms with van der Waals surface area (Å²) in [6.45, 7) is 0. The molecule has 0 bridgehead atoms. The maximum Gasteiger partial charge on any atom is 0.345 e. The fourth-order valence-corrected chi connectivity index (χ4v) is 0.580. The summed E-state index contributed by atoms with van der Waals surface area (Å²) in [6, 6.07) is 0.985. The van der Waals surface area contributed by atoms with Crippen molar-refractivity contribution in [3.63, 3.8) is 0 Å². The summed E-state index contributed by atoms with van der Waals surface area (Å²) >= 11 is 3.74. The second kappa shape index (κ2) is 2.61. The molecule has 2 N–H and O–H groups in total. The summed E-state index contributed by atoms with van der Waals surface area (Å²) in [5.74, 6) is 0. The molecule has 0 unspecified atom stereocenters. The topological polar surface area (TPSA) is 64.2 Å². The average molecular weight is 158 g/mol. The van der Waals surface area contributed by atoms with E-state index in [4.69, 9.17) is 5.73 Å². The van der Waals surface area contributed by atoms with Gasteiger partial charge in [0.1, 0.15) is 0 Å². The number of amides is 2. The molecule has 0 spiro atoms. The number of urea groups is 1. The third kappa shape index (κ3) is 1.21. The first-order valence-corrected chi connectivity index (χ1v) is 2.90. The second-order valence-electron chi connectivity index (χ2n) is 1.55. The first kappa shape index (κ1) is 6.94. The summed E-state index contributed by atoms with van der Waals surface area (Å²) in [5, 5.41) is 3.70. The number of aromatic nitrogens is 2. The molecule has 0 saturated carbocycles. The van der Waals surface area contributed by atoms with Crippen LogP contribution < -0.4 is 10.1 Å². The lowest BCUT2D eigenvalue weighted by molar-refractivity contribution is 0.253. The Hall–Kier alpha value is -1.17. The molecular formula is C4H6N4OS. The fourth-order valence-electron chi connectivity index (χ4n) is 0.474. The van der Waals surface area contributed by atoms with Crippen molar-refractivity contribution in [1.29, 1.82) is 0 Å². The Kier molecular flexibility index (Phi) is 1.81. The number of carbonyl (C=O) groups excluding carboxylic acids is 1. The van der Waals surface area contributed by atoms with Crippen LogP contribution in [0, 0.1) is 0 Å². The standard InChI is InChI=1S/C4H6N4OS/c5-4(9)8(10)7-3-1-2-6-7/h1-3,10H,(H2,5,9). The zero-order valence-corrected chi connectivity index (χ0v) is 5.90.